The summed E-state index contributed by atoms with van der Waals surface area (Å²) in [6.07, 6.45) is -8.09. The summed E-state index contributed by atoms with van der Waals surface area (Å²) in [5.74, 6) is 0. The molecule has 5 atom stereocenters. The molecule has 3 heterocycles. The maximum absolute atomic E-state index is 13.4. The molecule has 2 aromatic carbocycles. The lowest BCUT2D eigenvalue weighted by Crippen LogP contribution is -2.54. The van der Waals surface area contributed by atoms with Crippen molar-refractivity contribution in [2.75, 3.05) is 0 Å². The van der Waals surface area contributed by atoms with Crippen molar-refractivity contribution in [3.63, 3.8) is 0 Å². The number of aromatic nitrogens is 4. The van der Waals surface area contributed by atoms with E-state index in [2.05, 4.69) is 20.8 Å². The number of hydrogen-bond acceptors (Lipinski definition) is 5. The summed E-state index contributed by atoms with van der Waals surface area (Å²) in [6, 6.07) is 11.0. The Hall–Kier alpha value is -2.99. The largest absolute Gasteiger partial charge is 0.416 e. The summed E-state index contributed by atoms with van der Waals surface area (Å²) >= 11 is 0. The molecule has 0 aliphatic carbocycles. The van der Waals surface area contributed by atoms with Gasteiger partial charge in [0.1, 0.15) is 6.33 Å². The lowest BCUT2D eigenvalue weighted by Gasteiger charge is -2.43. The van der Waals surface area contributed by atoms with E-state index >= 15 is 0 Å². The summed E-state index contributed by atoms with van der Waals surface area (Å²) < 4.78 is 88.4. The molecule has 6 nitrogen and oxygen atoms in total. The standard InChI is InChI=1S/C24H23F6N5O/c1-14(15-9-17(23(25,26)27)11-18(10-15)24(28,29)30)36-21-8-7-19-20(35-13-31-33-34-35)12-22(21,32-19)16-5-3-2-4-6-16/h2-6,9-11,13-14,19-21,32H,7-8,12H2,1H3. The van der Waals surface area contributed by atoms with Crippen LogP contribution in [-0.2, 0) is 22.6 Å². The van der Waals surface area contributed by atoms with Crippen LogP contribution in [0, 0.1) is 0 Å². The number of benzene rings is 2. The van der Waals surface area contributed by atoms with Crippen molar-refractivity contribution in [2.24, 2.45) is 0 Å². The SMILES string of the molecule is CC(OC1CCC2NC1(c1ccccc1)CC2n1cnnn1)c1cc(C(F)(F)F)cc(C(F)(F)F)c1. The van der Waals surface area contributed by atoms with Gasteiger partial charge in [-0.05, 0) is 65.9 Å². The third-order valence-corrected chi connectivity index (χ3v) is 7.17. The first-order chi connectivity index (χ1) is 17.0. The molecule has 0 radical (unpaired) electrons. The molecule has 5 unspecified atom stereocenters. The van der Waals surface area contributed by atoms with Gasteiger partial charge >= 0.3 is 12.4 Å². The van der Waals surface area contributed by atoms with Gasteiger partial charge in [0.25, 0.3) is 0 Å². The number of halogens is 6. The fourth-order valence-corrected chi connectivity index (χ4v) is 5.47. The molecule has 0 amide bonds. The zero-order valence-corrected chi connectivity index (χ0v) is 19.1. The van der Waals surface area contributed by atoms with E-state index in [1.54, 1.807) is 4.68 Å². The highest BCUT2D eigenvalue weighted by atomic mass is 19.4. The van der Waals surface area contributed by atoms with Gasteiger partial charge < -0.3 is 10.1 Å². The number of nitrogens with zero attached hydrogens (tertiary/aromatic N) is 4. The molecule has 0 spiro atoms. The van der Waals surface area contributed by atoms with Crippen LogP contribution in [0.15, 0.2) is 54.9 Å². The lowest BCUT2D eigenvalue weighted by molar-refractivity contribution is -0.143. The monoisotopic (exact) mass is 511 g/mol. The van der Waals surface area contributed by atoms with E-state index in [0.717, 1.165) is 17.7 Å². The van der Waals surface area contributed by atoms with E-state index in [1.807, 2.05) is 30.3 Å². The highest BCUT2D eigenvalue weighted by Crippen LogP contribution is 2.50. The Balaban J connectivity index is 1.49. The first-order valence-electron chi connectivity index (χ1n) is 11.5. The van der Waals surface area contributed by atoms with Crippen LogP contribution in [0.1, 0.15) is 60.6 Å². The molecule has 2 fully saturated rings. The highest BCUT2D eigenvalue weighted by Gasteiger charge is 2.55. The zero-order valence-electron chi connectivity index (χ0n) is 19.1. The van der Waals surface area contributed by atoms with Crippen LogP contribution < -0.4 is 5.32 Å². The van der Waals surface area contributed by atoms with Gasteiger partial charge in [0.05, 0.1) is 34.9 Å². The molecule has 12 heteroatoms. The molecule has 3 aromatic rings. The molecular formula is C24H23F6N5O. The third-order valence-electron chi connectivity index (χ3n) is 7.17. The molecule has 2 saturated heterocycles. The second-order valence-electron chi connectivity index (χ2n) is 9.33. The smallest absolute Gasteiger partial charge is 0.368 e. The van der Waals surface area contributed by atoms with Gasteiger partial charge in [0.2, 0.25) is 0 Å². The quantitative estimate of drug-likeness (QED) is 0.462. The molecule has 192 valence electrons. The van der Waals surface area contributed by atoms with Gasteiger partial charge in [0, 0.05) is 6.04 Å². The van der Waals surface area contributed by atoms with Crippen LogP contribution in [-0.4, -0.2) is 32.4 Å². The van der Waals surface area contributed by atoms with Crippen LogP contribution in [0.25, 0.3) is 0 Å². The first-order valence-corrected chi connectivity index (χ1v) is 11.5. The molecule has 1 N–H and O–H groups in total. The van der Waals surface area contributed by atoms with Crippen molar-refractivity contribution in [3.05, 3.63) is 77.1 Å². The Morgan fingerprint density at radius 2 is 1.67 bits per heavy atom. The predicted octanol–water partition coefficient (Wildman–Crippen LogP) is 5.45. The summed E-state index contributed by atoms with van der Waals surface area (Å²) in [5.41, 5.74) is -2.70. The second kappa shape index (κ2) is 8.84. The van der Waals surface area contributed by atoms with Gasteiger partial charge in [-0.2, -0.15) is 26.3 Å². The summed E-state index contributed by atoms with van der Waals surface area (Å²) in [5, 5.41) is 15.1. The van der Waals surface area contributed by atoms with Crippen LogP contribution in [0.2, 0.25) is 0 Å². The van der Waals surface area contributed by atoms with Crippen molar-refractivity contribution in [2.45, 2.75) is 68.4 Å². The molecule has 2 aliphatic rings. The van der Waals surface area contributed by atoms with Crippen molar-refractivity contribution in [1.29, 1.82) is 0 Å². The van der Waals surface area contributed by atoms with Crippen LogP contribution >= 0.6 is 0 Å². The summed E-state index contributed by atoms with van der Waals surface area (Å²) in [6.45, 7) is 1.48. The summed E-state index contributed by atoms with van der Waals surface area (Å²) in [7, 11) is 0. The van der Waals surface area contributed by atoms with Crippen LogP contribution in [0.4, 0.5) is 26.3 Å². The minimum Gasteiger partial charge on any atom is -0.368 e. The zero-order chi connectivity index (χ0) is 25.7. The average molecular weight is 511 g/mol. The first kappa shape index (κ1) is 24.7. The Kier molecular flexibility index (Phi) is 6.06. The highest BCUT2D eigenvalue weighted by molar-refractivity contribution is 5.35. The lowest BCUT2D eigenvalue weighted by atomic mass is 9.80. The van der Waals surface area contributed by atoms with E-state index < -0.39 is 41.2 Å². The third kappa shape index (κ3) is 4.47. The number of alkyl halides is 6. The maximum Gasteiger partial charge on any atom is 0.416 e. The van der Waals surface area contributed by atoms with Crippen LogP contribution in [0.3, 0.4) is 0 Å². The van der Waals surface area contributed by atoms with Crippen molar-refractivity contribution < 1.29 is 31.1 Å². The molecule has 1 aromatic heterocycles. The van der Waals surface area contributed by atoms with Crippen molar-refractivity contribution in [3.8, 4) is 0 Å². The van der Waals surface area contributed by atoms with E-state index in [4.69, 9.17) is 4.74 Å². The van der Waals surface area contributed by atoms with Gasteiger partial charge in [-0.15, -0.1) is 5.10 Å². The molecule has 2 aliphatic heterocycles. The van der Waals surface area contributed by atoms with E-state index in [-0.39, 0.29) is 23.7 Å². The number of fused-ring (bicyclic) bond motifs is 2. The topological polar surface area (TPSA) is 64.9 Å². The van der Waals surface area contributed by atoms with Crippen molar-refractivity contribution in [1.82, 2.24) is 25.5 Å². The Morgan fingerprint density at radius 3 is 2.25 bits per heavy atom. The van der Waals surface area contributed by atoms with Crippen LogP contribution in [0.5, 0.6) is 0 Å². The average Bonchev–Trinajstić information content (AvgIpc) is 3.47. The predicted molar refractivity (Wildman–Crippen MR) is 115 cm³/mol. The van der Waals surface area contributed by atoms with Gasteiger partial charge in [-0.1, -0.05) is 30.3 Å². The molecule has 0 saturated carbocycles. The number of nitrogens with one attached hydrogen (secondary N) is 1. The number of hydrogen-bond donors (Lipinski definition) is 1. The normalized spacial score (nSPS) is 27.2. The van der Waals surface area contributed by atoms with E-state index in [0.29, 0.717) is 19.3 Å². The fourth-order valence-electron chi connectivity index (χ4n) is 5.47. The molecule has 2 bridgehead atoms. The van der Waals surface area contributed by atoms with E-state index in [9.17, 15) is 26.3 Å². The van der Waals surface area contributed by atoms with Gasteiger partial charge in [-0.3, -0.25) is 0 Å². The Bertz CT molecular complexity index is 1170. The number of ether oxygens (including phenoxy) is 1. The minimum absolute atomic E-state index is 0.0225. The summed E-state index contributed by atoms with van der Waals surface area (Å²) in [4.78, 5) is 0. The number of tetrazole rings is 1. The second-order valence-corrected chi connectivity index (χ2v) is 9.33. The molecular weight excluding hydrogens is 488 g/mol. The fraction of sp³-hybridized carbons (Fsp3) is 0.458. The minimum atomic E-state index is -4.93. The van der Waals surface area contributed by atoms with E-state index in [1.165, 1.54) is 13.3 Å². The number of rotatable bonds is 5. The maximum atomic E-state index is 13.4. The van der Waals surface area contributed by atoms with Gasteiger partial charge in [-0.25, -0.2) is 4.68 Å². The molecule has 5 rings (SSSR count). The van der Waals surface area contributed by atoms with Gasteiger partial charge in [0.15, 0.2) is 0 Å². The van der Waals surface area contributed by atoms with Crippen molar-refractivity contribution >= 4 is 0 Å². The Labute approximate surface area is 202 Å². The number of piperidine rings is 1. The molecule has 36 heavy (non-hydrogen) atoms. The Morgan fingerprint density at radius 1 is 1.00 bits per heavy atom.